The molecule has 2 rings (SSSR count). The number of rotatable bonds is 1. The Kier molecular flexibility index (Phi) is 5.73. The van der Waals surface area contributed by atoms with E-state index in [2.05, 4.69) is 0 Å². The van der Waals surface area contributed by atoms with Crippen LogP contribution in [0.5, 0.6) is 5.75 Å². The second kappa shape index (κ2) is 6.60. The molecule has 2 aromatic carbocycles. The second-order valence-electron chi connectivity index (χ2n) is 3.69. The van der Waals surface area contributed by atoms with E-state index in [1.165, 1.54) is 6.07 Å². The van der Waals surface area contributed by atoms with Crippen LogP contribution in [0.3, 0.4) is 0 Å². The zero-order chi connectivity index (χ0) is 11.5. The van der Waals surface area contributed by atoms with Gasteiger partial charge in [-0.15, -0.1) is 0 Å². The Balaban J connectivity index is 0.00000144. The van der Waals surface area contributed by atoms with E-state index in [-0.39, 0.29) is 58.2 Å². The number of hydrogen-bond acceptors (Lipinski definition) is 2. The van der Waals surface area contributed by atoms with Crippen molar-refractivity contribution in [2.45, 2.75) is 6.92 Å². The molecular formula is C14H11O2Rb. The molecule has 80 valence electrons. The van der Waals surface area contributed by atoms with Crippen LogP contribution in [0, 0.1) is 6.92 Å². The smallest absolute Gasteiger partial charge is 0.869 e. The van der Waals surface area contributed by atoms with Crippen molar-refractivity contribution >= 4 is 0 Å². The van der Waals surface area contributed by atoms with Gasteiger partial charge in [0.1, 0.15) is 0 Å². The van der Waals surface area contributed by atoms with Crippen molar-refractivity contribution in [2.24, 2.45) is 0 Å². The van der Waals surface area contributed by atoms with Gasteiger partial charge in [0.05, 0.1) is 0 Å². The molecule has 3 heteroatoms. The molecule has 2 aromatic rings. The quantitative estimate of drug-likeness (QED) is 0.684. The summed E-state index contributed by atoms with van der Waals surface area (Å²) < 4.78 is 0. The van der Waals surface area contributed by atoms with Gasteiger partial charge < -0.3 is 5.11 Å². The molecule has 2 nitrogen and oxygen atoms in total. The summed E-state index contributed by atoms with van der Waals surface area (Å²) in [6.07, 6.45) is 0. The van der Waals surface area contributed by atoms with E-state index >= 15 is 0 Å². The monoisotopic (exact) mass is 296 g/mol. The van der Waals surface area contributed by atoms with E-state index in [1.807, 2.05) is 31.2 Å². The van der Waals surface area contributed by atoms with E-state index in [0.29, 0.717) is 5.56 Å². The summed E-state index contributed by atoms with van der Waals surface area (Å²) in [5.74, 6) is -0.450. The van der Waals surface area contributed by atoms with Gasteiger partial charge in [0, 0.05) is 0 Å². The van der Waals surface area contributed by atoms with Crippen molar-refractivity contribution in [2.75, 3.05) is 0 Å². The summed E-state index contributed by atoms with van der Waals surface area (Å²) in [6.45, 7) is 1.98. The zero-order valence-electron chi connectivity index (χ0n) is 9.94. The zero-order valence-corrected chi connectivity index (χ0v) is 14.9. The van der Waals surface area contributed by atoms with E-state index in [0.717, 1.165) is 11.1 Å². The van der Waals surface area contributed by atoms with Crippen LogP contribution in [0.2, 0.25) is 0 Å². The standard InChI is InChI=1S/C14H12O2.Rb/c1-10-6-8-11(9-7-10)12-4-2-3-5-13(15)14(12)16;/h2-9H,1H3,(H,15,16);/q;+1/p-1. The maximum Gasteiger partial charge on any atom is 1.00 e. The first-order chi connectivity index (χ1) is 7.68. The van der Waals surface area contributed by atoms with Crippen molar-refractivity contribution in [3.8, 4) is 16.9 Å². The minimum absolute atomic E-state index is 0. The summed E-state index contributed by atoms with van der Waals surface area (Å²) in [7, 11) is 0. The van der Waals surface area contributed by atoms with E-state index in [9.17, 15) is 9.90 Å². The Hall–Kier alpha value is -0.285. The summed E-state index contributed by atoms with van der Waals surface area (Å²) >= 11 is 0. The Morgan fingerprint density at radius 3 is 2.18 bits per heavy atom. The molecular weight excluding hydrogens is 286 g/mol. The van der Waals surface area contributed by atoms with Crippen LogP contribution >= 0.6 is 0 Å². The first-order valence-corrected chi connectivity index (χ1v) is 5.06. The molecule has 0 aliphatic carbocycles. The largest absolute Gasteiger partial charge is 1.00 e. The molecule has 0 unspecified atom stereocenters. The van der Waals surface area contributed by atoms with Crippen molar-refractivity contribution < 1.29 is 63.3 Å². The van der Waals surface area contributed by atoms with Crippen molar-refractivity contribution in [1.29, 1.82) is 0 Å². The fourth-order valence-corrected chi connectivity index (χ4v) is 1.54. The molecule has 0 aromatic heterocycles. The molecule has 0 amide bonds. The summed E-state index contributed by atoms with van der Waals surface area (Å²) in [5, 5.41) is 11.7. The third-order valence-corrected chi connectivity index (χ3v) is 2.45. The molecule has 0 radical (unpaired) electrons. The fourth-order valence-electron chi connectivity index (χ4n) is 1.54. The van der Waals surface area contributed by atoms with Gasteiger partial charge in [-0.2, -0.15) is 0 Å². The summed E-state index contributed by atoms with van der Waals surface area (Å²) in [4.78, 5) is 11.4. The van der Waals surface area contributed by atoms with E-state index in [4.69, 9.17) is 0 Å². The van der Waals surface area contributed by atoms with Gasteiger partial charge in [-0.1, -0.05) is 53.8 Å². The maximum atomic E-state index is 11.7. The van der Waals surface area contributed by atoms with Crippen molar-refractivity contribution in [1.82, 2.24) is 0 Å². The topological polar surface area (TPSA) is 40.1 Å². The molecule has 0 N–H and O–H groups in total. The average molecular weight is 297 g/mol. The Morgan fingerprint density at radius 2 is 1.53 bits per heavy atom. The maximum absolute atomic E-state index is 11.7. The molecule has 0 atom stereocenters. The predicted molar refractivity (Wildman–Crippen MR) is 62.3 cm³/mol. The molecule has 0 aliphatic rings. The summed E-state index contributed by atoms with van der Waals surface area (Å²) in [6, 6.07) is 13.8. The van der Waals surface area contributed by atoms with Crippen LogP contribution in [-0.4, -0.2) is 0 Å². The first-order valence-electron chi connectivity index (χ1n) is 5.06. The molecule has 0 bridgehead atoms. The SMILES string of the molecule is Cc1ccc(-c2ccccc(=O)c2[O-])cc1.[Rb+]. The van der Waals surface area contributed by atoms with Crippen molar-refractivity contribution in [3.05, 3.63) is 64.3 Å². The fraction of sp³-hybridized carbons (Fsp3) is 0.0714. The van der Waals surface area contributed by atoms with Crippen LogP contribution < -0.4 is 68.7 Å². The average Bonchev–Trinajstić information content (AvgIpc) is 2.44. The third-order valence-electron chi connectivity index (χ3n) is 2.45. The van der Waals surface area contributed by atoms with Gasteiger partial charge in [-0.25, -0.2) is 0 Å². The molecule has 0 saturated carbocycles. The Bertz CT molecular complexity index is 562. The molecule has 17 heavy (non-hydrogen) atoms. The predicted octanol–water partition coefficient (Wildman–Crippen LogP) is -0.900. The second-order valence-corrected chi connectivity index (χ2v) is 3.69. The van der Waals surface area contributed by atoms with Gasteiger partial charge in [0.25, 0.3) is 0 Å². The van der Waals surface area contributed by atoms with E-state index in [1.54, 1.807) is 18.2 Å². The van der Waals surface area contributed by atoms with Gasteiger partial charge in [0.2, 0.25) is 0 Å². The van der Waals surface area contributed by atoms with E-state index < -0.39 is 11.2 Å². The van der Waals surface area contributed by atoms with Gasteiger partial charge in [-0.05, 0) is 24.1 Å². The third kappa shape index (κ3) is 3.59. The number of hydrogen-bond donors (Lipinski definition) is 0. The number of benzene rings is 1. The van der Waals surface area contributed by atoms with Crippen LogP contribution in [0.25, 0.3) is 11.1 Å². The Labute approximate surface area is 149 Å². The molecule has 0 heterocycles. The van der Waals surface area contributed by atoms with Gasteiger partial charge >= 0.3 is 58.2 Å². The van der Waals surface area contributed by atoms with Crippen LogP contribution in [0.4, 0.5) is 0 Å². The minimum Gasteiger partial charge on any atom is -0.869 e. The van der Waals surface area contributed by atoms with Crippen LogP contribution in [0.15, 0.2) is 53.3 Å². The molecule has 0 saturated heterocycles. The molecule has 0 spiro atoms. The van der Waals surface area contributed by atoms with Gasteiger partial charge in [-0.3, -0.25) is 4.79 Å². The van der Waals surface area contributed by atoms with Crippen LogP contribution in [-0.2, 0) is 0 Å². The first kappa shape index (κ1) is 14.8. The summed E-state index contributed by atoms with van der Waals surface area (Å²) in [5.41, 5.74) is 1.89. The number of aryl methyl sites for hydroxylation is 1. The minimum atomic E-state index is -0.472. The normalized spacial score (nSPS) is 9.47. The molecule has 0 fully saturated rings. The van der Waals surface area contributed by atoms with Crippen molar-refractivity contribution in [3.63, 3.8) is 0 Å². The Morgan fingerprint density at radius 1 is 0.941 bits per heavy atom. The molecule has 0 aliphatic heterocycles. The van der Waals surface area contributed by atoms with Crippen LogP contribution in [0.1, 0.15) is 5.56 Å². The van der Waals surface area contributed by atoms with Gasteiger partial charge in [0.15, 0.2) is 5.43 Å².